The molecule has 0 spiro atoms. The first-order chi connectivity index (χ1) is 12.4. The maximum atomic E-state index is 12.6. The zero-order valence-electron chi connectivity index (χ0n) is 15.4. The Morgan fingerprint density at radius 2 is 2.15 bits per heavy atom. The number of halogens is 1. The number of carbonyl (C=O) groups excluding carboxylic acids is 1. The highest BCUT2D eigenvalue weighted by Crippen LogP contribution is 2.24. The van der Waals surface area contributed by atoms with Crippen molar-refractivity contribution in [3.63, 3.8) is 0 Å². The number of hydrogen-bond donors (Lipinski definition) is 1. The van der Waals surface area contributed by atoms with Gasteiger partial charge in [0.25, 0.3) is 0 Å². The predicted molar refractivity (Wildman–Crippen MR) is 104 cm³/mol. The summed E-state index contributed by atoms with van der Waals surface area (Å²) in [6.07, 6.45) is 3.34. The molecule has 2 aromatic heterocycles. The van der Waals surface area contributed by atoms with Crippen LogP contribution < -0.4 is 10.2 Å². The van der Waals surface area contributed by atoms with Gasteiger partial charge in [-0.15, -0.1) is 0 Å². The summed E-state index contributed by atoms with van der Waals surface area (Å²) >= 11 is 5.84. The first-order valence-corrected chi connectivity index (χ1v) is 9.33. The predicted octanol–water partition coefficient (Wildman–Crippen LogP) is 3.81. The van der Waals surface area contributed by atoms with Crippen molar-refractivity contribution in [1.29, 1.82) is 0 Å². The fourth-order valence-electron chi connectivity index (χ4n) is 3.07. The molecule has 0 bridgehead atoms. The Labute approximate surface area is 159 Å². The maximum Gasteiger partial charge on any atom is 0.230 e. The summed E-state index contributed by atoms with van der Waals surface area (Å²) in [7, 11) is 0. The Bertz CT molecular complexity index is 778. The smallest absolute Gasteiger partial charge is 0.230 e. The van der Waals surface area contributed by atoms with Crippen molar-refractivity contribution in [1.82, 2.24) is 15.0 Å². The molecule has 2 aromatic rings. The fourth-order valence-corrected chi connectivity index (χ4v) is 3.18. The molecule has 1 atom stereocenters. The summed E-state index contributed by atoms with van der Waals surface area (Å²) in [5.41, 5.74) is 0.954. The molecule has 26 heavy (non-hydrogen) atoms. The molecule has 0 saturated carbocycles. The second-order valence-corrected chi connectivity index (χ2v) is 7.45. The Kier molecular flexibility index (Phi) is 5.71. The van der Waals surface area contributed by atoms with Gasteiger partial charge in [-0.25, -0.2) is 15.0 Å². The first-order valence-electron chi connectivity index (χ1n) is 8.95. The lowest BCUT2D eigenvalue weighted by molar-refractivity contribution is -0.120. The Morgan fingerprint density at radius 3 is 2.85 bits per heavy atom. The number of nitrogens with zero attached hydrogens (tertiary/aromatic N) is 4. The summed E-state index contributed by atoms with van der Waals surface area (Å²) in [4.78, 5) is 28.2. The van der Waals surface area contributed by atoms with Gasteiger partial charge in [0.2, 0.25) is 5.91 Å². The number of piperidine rings is 1. The van der Waals surface area contributed by atoms with Gasteiger partial charge in [-0.3, -0.25) is 4.79 Å². The molecule has 0 aromatic carbocycles. The fraction of sp³-hybridized carbons (Fsp3) is 0.474. The van der Waals surface area contributed by atoms with E-state index >= 15 is 0 Å². The van der Waals surface area contributed by atoms with Crippen molar-refractivity contribution < 1.29 is 4.79 Å². The Morgan fingerprint density at radius 1 is 1.35 bits per heavy atom. The third kappa shape index (κ3) is 4.49. The van der Waals surface area contributed by atoms with E-state index in [9.17, 15) is 4.79 Å². The number of aryl methyl sites for hydroxylation is 1. The maximum absolute atomic E-state index is 12.6. The van der Waals surface area contributed by atoms with Crippen LogP contribution in [0.25, 0.3) is 0 Å². The van der Waals surface area contributed by atoms with Crippen molar-refractivity contribution in [2.45, 2.75) is 39.5 Å². The lowest BCUT2D eigenvalue weighted by Crippen LogP contribution is -2.41. The highest BCUT2D eigenvalue weighted by molar-refractivity contribution is 6.30. The average Bonchev–Trinajstić information content (AvgIpc) is 2.63. The van der Waals surface area contributed by atoms with E-state index in [-0.39, 0.29) is 17.7 Å². The van der Waals surface area contributed by atoms with E-state index in [0.29, 0.717) is 17.4 Å². The van der Waals surface area contributed by atoms with Gasteiger partial charge in [0.15, 0.2) is 0 Å². The number of carbonyl (C=O) groups is 1. The van der Waals surface area contributed by atoms with Crippen LogP contribution in [0.5, 0.6) is 0 Å². The molecule has 3 heterocycles. The topological polar surface area (TPSA) is 71.0 Å². The molecule has 0 radical (unpaired) electrons. The molecule has 138 valence electrons. The van der Waals surface area contributed by atoms with Crippen LogP contribution in [0, 0.1) is 12.8 Å². The molecule has 1 unspecified atom stereocenters. The summed E-state index contributed by atoms with van der Waals surface area (Å²) in [5, 5.41) is 3.43. The molecule has 1 N–H and O–H groups in total. The lowest BCUT2D eigenvalue weighted by atomic mass is 9.97. The van der Waals surface area contributed by atoms with Crippen LogP contribution >= 0.6 is 11.6 Å². The zero-order valence-corrected chi connectivity index (χ0v) is 16.1. The van der Waals surface area contributed by atoms with Gasteiger partial charge in [0.1, 0.15) is 17.5 Å². The number of pyridine rings is 1. The van der Waals surface area contributed by atoms with E-state index in [1.54, 1.807) is 12.1 Å². The number of amides is 1. The number of anilines is 2. The molecule has 6 nitrogen and oxygen atoms in total. The lowest BCUT2D eigenvalue weighted by Gasteiger charge is -2.33. The number of hydrogen-bond acceptors (Lipinski definition) is 5. The van der Waals surface area contributed by atoms with E-state index in [0.717, 1.165) is 36.7 Å². The van der Waals surface area contributed by atoms with Crippen LogP contribution in [-0.2, 0) is 4.79 Å². The minimum absolute atomic E-state index is 0.0145. The quantitative estimate of drug-likeness (QED) is 0.882. The van der Waals surface area contributed by atoms with Gasteiger partial charge in [0.05, 0.1) is 10.9 Å². The summed E-state index contributed by atoms with van der Waals surface area (Å²) in [6.45, 7) is 7.70. The van der Waals surface area contributed by atoms with Gasteiger partial charge >= 0.3 is 0 Å². The van der Waals surface area contributed by atoms with Gasteiger partial charge in [-0.05, 0) is 31.9 Å². The van der Waals surface area contributed by atoms with Crippen LogP contribution in [0.4, 0.5) is 11.6 Å². The van der Waals surface area contributed by atoms with Gasteiger partial charge in [-0.2, -0.15) is 0 Å². The number of aromatic nitrogens is 3. The van der Waals surface area contributed by atoms with Crippen molar-refractivity contribution in [2.24, 2.45) is 5.92 Å². The van der Waals surface area contributed by atoms with Crippen molar-refractivity contribution >= 4 is 29.1 Å². The Hall–Kier alpha value is -2.21. The second kappa shape index (κ2) is 7.99. The minimum Gasteiger partial charge on any atom is -0.356 e. The molecule has 1 aliphatic heterocycles. The van der Waals surface area contributed by atoms with Gasteiger partial charge < -0.3 is 10.2 Å². The monoisotopic (exact) mass is 373 g/mol. The standard InChI is InChI=1S/C19H24ClN5O/c1-12(2)18-22-13(3)9-17(24-18)25-8-4-5-14(11-25)19(26)23-16-7-6-15(20)10-21-16/h6-7,9-10,12,14H,4-5,8,11H2,1-3H3,(H,21,23,26). The van der Waals surface area contributed by atoms with E-state index < -0.39 is 0 Å². The molecule has 1 saturated heterocycles. The first kappa shape index (κ1) is 18.6. The SMILES string of the molecule is Cc1cc(N2CCCC(C(=O)Nc3ccc(Cl)cn3)C2)nc(C(C)C)n1. The van der Waals surface area contributed by atoms with Crippen molar-refractivity contribution in [2.75, 3.05) is 23.3 Å². The van der Waals surface area contributed by atoms with Crippen LogP contribution in [0.1, 0.15) is 44.1 Å². The molecule has 3 rings (SSSR count). The van der Waals surface area contributed by atoms with E-state index in [4.69, 9.17) is 16.6 Å². The summed E-state index contributed by atoms with van der Waals surface area (Å²) in [6, 6.07) is 5.42. The molecule has 1 aliphatic rings. The third-order valence-electron chi connectivity index (χ3n) is 4.47. The average molecular weight is 374 g/mol. The molecule has 7 heteroatoms. The van der Waals surface area contributed by atoms with Gasteiger partial charge in [0, 0.05) is 37.0 Å². The Balaban J connectivity index is 1.71. The summed E-state index contributed by atoms with van der Waals surface area (Å²) in [5.74, 6) is 2.43. The highest BCUT2D eigenvalue weighted by atomic mass is 35.5. The van der Waals surface area contributed by atoms with Crippen LogP contribution in [-0.4, -0.2) is 33.9 Å². The highest BCUT2D eigenvalue weighted by Gasteiger charge is 2.27. The normalized spacial score (nSPS) is 17.4. The second-order valence-electron chi connectivity index (χ2n) is 7.02. The third-order valence-corrected chi connectivity index (χ3v) is 4.69. The molecule has 0 aliphatic carbocycles. The molecular weight excluding hydrogens is 350 g/mol. The van der Waals surface area contributed by atoms with E-state index in [1.807, 2.05) is 13.0 Å². The zero-order chi connectivity index (χ0) is 18.7. The molecule has 1 fully saturated rings. The largest absolute Gasteiger partial charge is 0.356 e. The van der Waals surface area contributed by atoms with Crippen LogP contribution in [0.2, 0.25) is 5.02 Å². The van der Waals surface area contributed by atoms with E-state index in [1.165, 1.54) is 6.20 Å². The van der Waals surface area contributed by atoms with Gasteiger partial charge in [-0.1, -0.05) is 25.4 Å². The van der Waals surface area contributed by atoms with Crippen molar-refractivity contribution in [3.8, 4) is 0 Å². The van der Waals surface area contributed by atoms with Crippen LogP contribution in [0.15, 0.2) is 24.4 Å². The van der Waals surface area contributed by atoms with Crippen LogP contribution in [0.3, 0.4) is 0 Å². The van der Waals surface area contributed by atoms with E-state index in [2.05, 4.69) is 34.0 Å². The minimum atomic E-state index is -0.0981. The number of rotatable bonds is 4. The van der Waals surface area contributed by atoms with Crippen molar-refractivity contribution in [3.05, 3.63) is 40.9 Å². The molecular formula is C19H24ClN5O. The summed E-state index contributed by atoms with van der Waals surface area (Å²) < 4.78 is 0. The number of nitrogens with one attached hydrogen (secondary N) is 1. The molecule has 1 amide bonds.